The van der Waals surface area contributed by atoms with Gasteiger partial charge in [-0.1, -0.05) is 137 Å². The van der Waals surface area contributed by atoms with E-state index in [-0.39, 0.29) is 0 Å². The Kier molecular flexibility index (Phi) is 45.9. The van der Waals surface area contributed by atoms with Crippen LogP contribution in [0.25, 0.3) is 0 Å². The predicted molar refractivity (Wildman–Crippen MR) is 165 cm³/mol. The average molecular weight is 569 g/mol. The maximum absolute atomic E-state index is 8.52. The van der Waals surface area contributed by atoms with Gasteiger partial charge < -0.3 is 18.9 Å². The highest BCUT2D eigenvalue weighted by Crippen LogP contribution is 2.10. The van der Waals surface area contributed by atoms with Crippen molar-refractivity contribution in [1.82, 2.24) is 0 Å². The third-order valence-corrected chi connectivity index (χ3v) is 6.06. The molecule has 7 heteroatoms. The van der Waals surface area contributed by atoms with Crippen molar-refractivity contribution in [1.29, 1.82) is 0 Å². The molecule has 0 atom stereocenters. The minimum Gasteiger partial charge on any atom is -0.759 e. The second kappa shape index (κ2) is 38.9. The van der Waals surface area contributed by atoms with Crippen LogP contribution in [0, 0.1) is 0 Å². The molecule has 0 aliphatic carbocycles. The van der Waals surface area contributed by atoms with Crippen LogP contribution < -0.4 is 9.80 Å². The molecule has 38 heavy (non-hydrogen) atoms. The summed E-state index contributed by atoms with van der Waals surface area (Å²) in [5.74, 6) is 0. The largest absolute Gasteiger partial charge is 0.759 e. The van der Waals surface area contributed by atoms with Crippen LogP contribution in [0.2, 0.25) is 0 Å². The van der Waals surface area contributed by atoms with Crippen LogP contribution >= 0.6 is 0 Å². The molecule has 236 valence electrons. The van der Waals surface area contributed by atoms with E-state index in [1.807, 2.05) is 0 Å². The van der Waals surface area contributed by atoms with Gasteiger partial charge in [-0.2, -0.15) is 0 Å². The molecule has 6 nitrogen and oxygen atoms in total. The third kappa shape index (κ3) is 76.5. The minimum absolute atomic E-state index is 1.25. The lowest BCUT2D eigenvalue weighted by atomic mass is 10.1. The Morgan fingerprint density at radius 1 is 0.421 bits per heavy atom. The van der Waals surface area contributed by atoms with Crippen molar-refractivity contribution >= 4 is 10.4 Å². The molecule has 0 aliphatic heterocycles. The topological polar surface area (TPSA) is 89.1 Å². The fourth-order valence-electron chi connectivity index (χ4n) is 3.93. The van der Waals surface area contributed by atoms with Gasteiger partial charge in [-0.05, 0) is 25.7 Å². The molecule has 0 unspecified atom stereocenters. The number of hydrogen-bond donors (Lipinski definition) is 2. The molecule has 0 aromatic carbocycles. The summed E-state index contributed by atoms with van der Waals surface area (Å²) in [6.45, 7) is 11.5. The van der Waals surface area contributed by atoms with Gasteiger partial charge in [0.25, 0.3) is 0 Å². The first-order valence-corrected chi connectivity index (χ1v) is 17.5. The van der Waals surface area contributed by atoms with Gasteiger partial charge in [-0.3, -0.25) is 8.42 Å². The summed E-state index contributed by atoms with van der Waals surface area (Å²) < 4.78 is 34.1. The Hall–Kier alpha value is -0.210. The molecule has 0 bridgehead atoms. The lowest BCUT2D eigenvalue weighted by Gasteiger charge is -2.06. The van der Waals surface area contributed by atoms with Crippen molar-refractivity contribution in [2.45, 2.75) is 163 Å². The summed E-state index contributed by atoms with van der Waals surface area (Å²) in [5.41, 5.74) is 0. The fraction of sp³-hybridized carbons (Fsp3) is 1.00. The summed E-state index contributed by atoms with van der Waals surface area (Å²) in [6.07, 6.45) is 30.2. The molecule has 0 heterocycles. The van der Waals surface area contributed by atoms with Gasteiger partial charge in [0, 0.05) is 10.4 Å². The van der Waals surface area contributed by atoms with Gasteiger partial charge >= 0.3 is 0 Å². The lowest BCUT2D eigenvalue weighted by molar-refractivity contribution is -0.858. The molecular weight excluding hydrogens is 496 g/mol. The van der Waals surface area contributed by atoms with E-state index in [4.69, 9.17) is 17.5 Å². The fourth-order valence-corrected chi connectivity index (χ4v) is 3.93. The normalized spacial score (nSPS) is 10.8. The zero-order chi connectivity index (χ0) is 29.9. The van der Waals surface area contributed by atoms with Gasteiger partial charge in [-0.25, -0.2) is 0 Å². The van der Waals surface area contributed by atoms with E-state index < -0.39 is 10.4 Å². The van der Waals surface area contributed by atoms with E-state index in [9.17, 15) is 0 Å². The molecule has 0 spiro atoms. The third-order valence-electron chi connectivity index (χ3n) is 6.06. The molecule has 0 rings (SSSR count). The molecule has 0 saturated heterocycles. The molecule has 0 amide bonds. The van der Waals surface area contributed by atoms with Crippen molar-refractivity contribution < 1.29 is 27.3 Å². The smallest absolute Gasteiger partial charge is 0.0766 e. The molecule has 0 aliphatic rings. The van der Waals surface area contributed by atoms with Gasteiger partial charge in [-0.15, -0.1) is 0 Å². The van der Waals surface area contributed by atoms with E-state index in [0.29, 0.717) is 0 Å². The minimum atomic E-state index is -5.17. The van der Waals surface area contributed by atoms with E-state index in [0.717, 1.165) is 0 Å². The monoisotopic (exact) mass is 569 g/mol. The highest BCUT2D eigenvalue weighted by molar-refractivity contribution is 7.79. The lowest BCUT2D eigenvalue weighted by Crippen LogP contribution is -3.05. The molecule has 0 radical (unpaired) electrons. The zero-order valence-corrected chi connectivity index (χ0v) is 28.1. The molecule has 0 fully saturated rings. The van der Waals surface area contributed by atoms with Gasteiger partial charge in [0.05, 0.1) is 41.3 Å². The summed E-state index contributed by atoms with van der Waals surface area (Å²) in [7, 11) is 3.81. The summed E-state index contributed by atoms with van der Waals surface area (Å²) in [5, 5.41) is 0. The maximum Gasteiger partial charge on any atom is 0.0766 e. The van der Waals surface area contributed by atoms with Crippen molar-refractivity contribution in [3.63, 3.8) is 0 Å². The Morgan fingerprint density at radius 2 is 0.579 bits per heavy atom. The highest BCUT2D eigenvalue weighted by Gasteiger charge is 1.96. The van der Waals surface area contributed by atoms with Crippen LogP contribution in [0.4, 0.5) is 0 Å². The van der Waals surface area contributed by atoms with Gasteiger partial charge in [0.2, 0.25) is 0 Å². The SMILES string of the molecule is CCC.CCCCCCCCCCCC[NH+](C)C.CCCCCCCCCCCC[NH+](C)C.O=S(=O)([O-])[O-]. The Balaban J connectivity index is -0.000000237. The van der Waals surface area contributed by atoms with Crippen LogP contribution in [-0.2, 0) is 10.4 Å². The van der Waals surface area contributed by atoms with Crippen molar-refractivity contribution in [2.75, 3.05) is 41.3 Å². The first-order valence-electron chi connectivity index (χ1n) is 16.2. The van der Waals surface area contributed by atoms with E-state index in [2.05, 4.69) is 55.9 Å². The van der Waals surface area contributed by atoms with Crippen LogP contribution in [0.5, 0.6) is 0 Å². The zero-order valence-electron chi connectivity index (χ0n) is 27.3. The molecular formula is C31H72N2O4S. The van der Waals surface area contributed by atoms with Crippen molar-refractivity contribution in [2.24, 2.45) is 0 Å². The van der Waals surface area contributed by atoms with E-state index >= 15 is 0 Å². The molecule has 2 N–H and O–H groups in total. The number of rotatable bonds is 22. The molecule has 0 aromatic heterocycles. The number of quaternary nitrogens is 2. The maximum atomic E-state index is 8.52. The van der Waals surface area contributed by atoms with E-state index in [1.165, 1.54) is 148 Å². The first-order chi connectivity index (χ1) is 18.0. The first kappa shape index (κ1) is 44.8. The number of hydrogen-bond acceptors (Lipinski definition) is 4. The summed E-state index contributed by atoms with van der Waals surface area (Å²) >= 11 is 0. The average Bonchev–Trinajstić information content (AvgIpc) is 2.81. The van der Waals surface area contributed by atoms with Crippen LogP contribution in [0.15, 0.2) is 0 Å². The summed E-state index contributed by atoms with van der Waals surface area (Å²) in [6, 6.07) is 0. The number of nitrogens with one attached hydrogen (secondary N) is 2. The molecule has 0 aromatic rings. The highest BCUT2D eigenvalue weighted by atomic mass is 32.3. The van der Waals surface area contributed by atoms with E-state index in [1.54, 1.807) is 9.80 Å². The predicted octanol–water partition coefficient (Wildman–Crippen LogP) is 6.18. The quantitative estimate of drug-likeness (QED) is 0.0927. The molecule has 0 saturated carbocycles. The van der Waals surface area contributed by atoms with Crippen LogP contribution in [-0.4, -0.2) is 58.8 Å². The van der Waals surface area contributed by atoms with Gasteiger partial charge in [0.15, 0.2) is 0 Å². The Morgan fingerprint density at radius 3 is 0.737 bits per heavy atom. The summed E-state index contributed by atoms with van der Waals surface area (Å²) in [4.78, 5) is 3.18. The van der Waals surface area contributed by atoms with Crippen molar-refractivity contribution in [3.8, 4) is 0 Å². The standard InChI is InChI=1S/2C14H31N.C3H8.H2O4S/c2*1-4-5-6-7-8-9-10-11-12-13-14-15(2)3;1-3-2;1-5(2,3)4/h2*4-14H2,1-3H3;3H2,1-2H3;(H2,1,2,3,4). The number of unbranched alkanes of at least 4 members (excludes halogenated alkanes) is 18. The van der Waals surface area contributed by atoms with Crippen LogP contribution in [0.3, 0.4) is 0 Å². The Bertz CT molecular complexity index is 450. The van der Waals surface area contributed by atoms with Gasteiger partial charge in [0.1, 0.15) is 0 Å². The van der Waals surface area contributed by atoms with Crippen molar-refractivity contribution in [3.05, 3.63) is 0 Å². The van der Waals surface area contributed by atoms with Crippen LogP contribution in [0.1, 0.15) is 163 Å². The Labute approximate surface area is 241 Å². The second-order valence-corrected chi connectivity index (χ2v) is 12.2. The second-order valence-electron chi connectivity index (χ2n) is 11.4.